The minimum atomic E-state index is -0.455. The summed E-state index contributed by atoms with van der Waals surface area (Å²) in [7, 11) is 0. The number of benzene rings is 11. The van der Waals surface area contributed by atoms with Gasteiger partial charge in [-0.05, 0) is 203 Å². The highest BCUT2D eigenvalue weighted by Crippen LogP contribution is 2.63. The molecule has 0 aromatic heterocycles. The number of fused-ring (bicyclic) bond motifs is 7. The lowest BCUT2D eigenvalue weighted by atomic mass is 9.66. The average molecular weight is 1150 g/mol. The quantitative estimate of drug-likeness (QED) is 0.143. The van der Waals surface area contributed by atoms with Gasteiger partial charge in [0.2, 0.25) is 0 Å². The summed E-state index contributed by atoms with van der Waals surface area (Å²) in [6, 6.07) is 85.5. The summed E-state index contributed by atoms with van der Waals surface area (Å²) >= 11 is 0. The van der Waals surface area contributed by atoms with Crippen molar-refractivity contribution in [1.82, 2.24) is 0 Å². The van der Waals surface area contributed by atoms with Crippen molar-refractivity contribution in [3.63, 3.8) is 0 Å². The molecule has 4 nitrogen and oxygen atoms in total. The minimum absolute atomic E-state index is 0.0168. The topological polar surface area (TPSA) is 13.0 Å². The number of hydrogen-bond acceptors (Lipinski definition) is 4. The summed E-state index contributed by atoms with van der Waals surface area (Å²) in [6.45, 7) is 30.7. The van der Waals surface area contributed by atoms with Crippen LogP contribution in [-0.4, -0.2) is 6.04 Å². The van der Waals surface area contributed by atoms with Crippen molar-refractivity contribution in [2.45, 2.75) is 124 Å². The minimum Gasteiger partial charge on any atom is -0.334 e. The first-order chi connectivity index (χ1) is 42.0. The molecule has 2 heterocycles. The highest BCUT2D eigenvalue weighted by atomic mass is 15.2. The normalized spacial score (nSPS) is 15.8. The highest BCUT2D eigenvalue weighted by Gasteiger charge is 2.47. The summed E-state index contributed by atoms with van der Waals surface area (Å²) in [6.07, 6.45) is 8.24. The van der Waals surface area contributed by atoms with Gasteiger partial charge in [0.1, 0.15) is 0 Å². The molecule has 14 rings (SSSR count). The Morgan fingerprint density at radius 2 is 0.705 bits per heavy atom. The highest BCUT2D eigenvalue weighted by molar-refractivity contribution is 5.98. The first-order valence-corrected chi connectivity index (χ1v) is 31.7. The van der Waals surface area contributed by atoms with Crippen LogP contribution in [0.5, 0.6) is 0 Å². The molecule has 11 aromatic rings. The molecule has 1 unspecified atom stereocenters. The van der Waals surface area contributed by atoms with E-state index in [2.05, 4.69) is 352 Å². The van der Waals surface area contributed by atoms with Crippen LogP contribution in [0, 0.1) is 5.41 Å². The van der Waals surface area contributed by atoms with Crippen molar-refractivity contribution >= 4 is 94.9 Å². The lowest BCUT2D eigenvalue weighted by Crippen LogP contribution is -2.39. The fraction of sp³-hybridized carbons (Fsp3) is 0.238. The number of rotatable bonds is 9. The third-order valence-electron chi connectivity index (χ3n) is 19.5. The number of hydrogen-bond donors (Lipinski definition) is 0. The van der Waals surface area contributed by atoms with Crippen LogP contribution in [0.4, 0.5) is 62.6 Å². The van der Waals surface area contributed by atoms with Crippen LogP contribution in [-0.2, 0) is 21.7 Å². The Bertz CT molecular complexity index is 4380. The molecule has 1 aliphatic carbocycles. The zero-order valence-electron chi connectivity index (χ0n) is 53.7. The van der Waals surface area contributed by atoms with Gasteiger partial charge in [-0.1, -0.05) is 223 Å². The zero-order valence-corrected chi connectivity index (χ0v) is 53.7. The predicted octanol–water partition coefficient (Wildman–Crippen LogP) is 23.9. The van der Waals surface area contributed by atoms with Crippen LogP contribution in [0.15, 0.2) is 248 Å². The second-order valence-electron chi connectivity index (χ2n) is 29.2. The van der Waals surface area contributed by atoms with Crippen LogP contribution in [0.3, 0.4) is 0 Å². The Morgan fingerprint density at radius 1 is 0.352 bits per heavy atom. The van der Waals surface area contributed by atoms with E-state index in [-0.39, 0.29) is 22.3 Å². The molecule has 3 aliphatic rings. The van der Waals surface area contributed by atoms with Crippen molar-refractivity contribution in [3.8, 4) is 0 Å². The summed E-state index contributed by atoms with van der Waals surface area (Å²) in [4.78, 5) is 10.2. The average Bonchev–Trinajstić information content (AvgIpc) is 0.701. The summed E-state index contributed by atoms with van der Waals surface area (Å²) in [5.41, 5.74) is 21.1. The SMILES string of the molecule is CC(C)(C)C1=CCC(N(c2cc3c4c(c2)C(C)(C)c2cc(N(c5ccc(C(C)(C)C)cc5)c5ccc6ccccc6c5)ccc2N4c2ccc(N(c4ccc(C(C)(C)C)cc4)c4ccc5ccccc5c4)cc2C3(C)C)c2ccc3ccccc3c2)C=C1. The van der Waals surface area contributed by atoms with Gasteiger partial charge in [0.25, 0.3) is 0 Å². The van der Waals surface area contributed by atoms with Crippen molar-refractivity contribution in [2.75, 3.05) is 19.6 Å². The maximum absolute atomic E-state index is 2.65. The molecule has 0 N–H and O–H groups in total. The molecule has 0 bridgehead atoms. The molecule has 0 radical (unpaired) electrons. The van der Waals surface area contributed by atoms with Crippen molar-refractivity contribution in [1.29, 1.82) is 0 Å². The summed E-state index contributed by atoms with van der Waals surface area (Å²) < 4.78 is 0. The Labute approximate surface area is 522 Å². The number of allylic oxidation sites excluding steroid dienone is 2. The van der Waals surface area contributed by atoms with Crippen LogP contribution in [0.25, 0.3) is 32.3 Å². The molecule has 0 saturated heterocycles. The second kappa shape index (κ2) is 20.8. The number of anilines is 11. The van der Waals surface area contributed by atoms with E-state index in [1.54, 1.807) is 0 Å². The molecule has 0 fully saturated rings. The van der Waals surface area contributed by atoms with E-state index in [4.69, 9.17) is 0 Å². The Kier molecular flexibility index (Phi) is 13.4. The van der Waals surface area contributed by atoms with Gasteiger partial charge < -0.3 is 19.6 Å². The lowest BCUT2D eigenvalue weighted by Gasteiger charge is -2.50. The standard InChI is InChI=1S/C84H82N4/c1-80(2,3)61-29-38-64(39-30-61)85(67-35-26-55-20-14-17-23-58(55)48-67)70-44-46-77-73(51-70)83(10,11)75-53-72(87(66-42-33-63(34-43-66)82(7,8)9)69-37-28-57-22-16-19-25-60(57)50-69)54-76-79(75)88(77)78-47-45-71(52-74(78)84(76,12)13)86(65-40-31-62(32-41-65)81(4,5)6)68-36-27-56-21-15-18-24-59(56)49-68/h14-42,44-54,66H,43H2,1-13H3. The molecule has 2 aliphatic heterocycles. The van der Waals surface area contributed by atoms with Gasteiger partial charge in [0.05, 0.1) is 23.1 Å². The second-order valence-corrected chi connectivity index (χ2v) is 29.2. The van der Waals surface area contributed by atoms with E-state index < -0.39 is 10.8 Å². The molecule has 4 heteroatoms. The molecule has 0 amide bonds. The van der Waals surface area contributed by atoms with Gasteiger partial charge in [-0.25, -0.2) is 0 Å². The molecule has 88 heavy (non-hydrogen) atoms. The summed E-state index contributed by atoms with van der Waals surface area (Å²) in [5, 5.41) is 7.35. The van der Waals surface area contributed by atoms with E-state index in [1.165, 1.54) is 99.7 Å². The molecule has 438 valence electrons. The van der Waals surface area contributed by atoms with Crippen LogP contribution in [0.2, 0.25) is 0 Å². The third kappa shape index (κ3) is 9.77. The largest absolute Gasteiger partial charge is 0.334 e. The fourth-order valence-electron chi connectivity index (χ4n) is 14.3. The van der Waals surface area contributed by atoms with Crippen molar-refractivity contribution < 1.29 is 0 Å². The van der Waals surface area contributed by atoms with E-state index >= 15 is 0 Å². The summed E-state index contributed by atoms with van der Waals surface area (Å²) in [5.74, 6) is 0. The smallest absolute Gasteiger partial charge is 0.0560 e. The molecular weight excluding hydrogens is 1060 g/mol. The van der Waals surface area contributed by atoms with Gasteiger partial charge >= 0.3 is 0 Å². The molecule has 0 saturated carbocycles. The first-order valence-electron chi connectivity index (χ1n) is 31.7. The van der Waals surface area contributed by atoms with Crippen LogP contribution >= 0.6 is 0 Å². The Morgan fingerprint density at radius 3 is 1.09 bits per heavy atom. The zero-order chi connectivity index (χ0) is 61.2. The fourth-order valence-corrected chi connectivity index (χ4v) is 14.3. The monoisotopic (exact) mass is 1150 g/mol. The van der Waals surface area contributed by atoms with Gasteiger partial charge in [0.15, 0.2) is 0 Å². The Hall–Kier alpha value is -9.12. The van der Waals surface area contributed by atoms with Gasteiger partial charge in [-0.2, -0.15) is 0 Å². The van der Waals surface area contributed by atoms with Gasteiger partial charge in [-0.3, -0.25) is 0 Å². The van der Waals surface area contributed by atoms with E-state index in [1.807, 2.05) is 0 Å². The predicted molar refractivity (Wildman–Crippen MR) is 378 cm³/mol. The van der Waals surface area contributed by atoms with Gasteiger partial charge in [-0.15, -0.1) is 0 Å². The number of nitrogens with zero attached hydrogens (tertiary/aromatic N) is 4. The third-order valence-corrected chi connectivity index (χ3v) is 19.5. The first kappa shape index (κ1) is 56.7. The van der Waals surface area contributed by atoms with Crippen LogP contribution < -0.4 is 19.6 Å². The van der Waals surface area contributed by atoms with Crippen molar-refractivity contribution in [2.24, 2.45) is 5.41 Å². The molecular formula is C84H82N4. The van der Waals surface area contributed by atoms with E-state index in [9.17, 15) is 0 Å². The van der Waals surface area contributed by atoms with Crippen molar-refractivity contribution in [3.05, 3.63) is 282 Å². The molecule has 0 spiro atoms. The molecule has 1 atom stereocenters. The maximum atomic E-state index is 2.65. The molecule has 11 aromatic carbocycles. The Balaban J connectivity index is 1.01. The van der Waals surface area contributed by atoms with E-state index in [0.717, 1.165) is 40.5 Å². The van der Waals surface area contributed by atoms with E-state index in [0.29, 0.717) is 0 Å². The van der Waals surface area contributed by atoms with Crippen LogP contribution in [0.1, 0.15) is 130 Å². The maximum Gasteiger partial charge on any atom is 0.0560 e. The lowest BCUT2D eigenvalue weighted by molar-refractivity contribution is 0.510. The van der Waals surface area contributed by atoms with Gasteiger partial charge in [0, 0.05) is 56.3 Å².